The molecule has 21 heavy (non-hydrogen) atoms. The van der Waals surface area contributed by atoms with Gasteiger partial charge in [0.2, 0.25) is 0 Å². The first-order valence-electron chi connectivity index (χ1n) is 6.85. The van der Waals surface area contributed by atoms with E-state index in [2.05, 4.69) is 4.98 Å². The number of aryl methyl sites for hydroxylation is 2. The number of aromatic nitrogens is 1. The molecule has 1 aromatic heterocycles. The van der Waals surface area contributed by atoms with Crippen LogP contribution in [-0.4, -0.2) is 18.0 Å². The molecule has 0 saturated heterocycles. The van der Waals surface area contributed by atoms with Crippen molar-refractivity contribution >= 4 is 5.91 Å². The second-order valence-electron chi connectivity index (χ2n) is 5.15. The molecular weight excluding hydrogens is 264 g/mol. The number of methoxy groups -OCH3 is 1. The van der Waals surface area contributed by atoms with Gasteiger partial charge in [0, 0.05) is 18.4 Å². The number of carbonyl (C=O) groups excluding carboxylic acids is 1. The van der Waals surface area contributed by atoms with Crippen LogP contribution >= 0.6 is 0 Å². The highest BCUT2D eigenvalue weighted by Crippen LogP contribution is 2.26. The molecule has 0 aliphatic rings. The summed E-state index contributed by atoms with van der Waals surface area (Å²) >= 11 is 0. The lowest BCUT2D eigenvalue weighted by Gasteiger charge is -2.12. The zero-order valence-corrected chi connectivity index (χ0v) is 12.8. The summed E-state index contributed by atoms with van der Waals surface area (Å²) in [5, 5.41) is 0. The van der Waals surface area contributed by atoms with Gasteiger partial charge in [-0.1, -0.05) is 24.3 Å². The Hall–Kier alpha value is -2.20. The number of amides is 1. The van der Waals surface area contributed by atoms with Gasteiger partial charge in [0.1, 0.15) is 0 Å². The van der Waals surface area contributed by atoms with Gasteiger partial charge < -0.3 is 10.5 Å². The number of pyridine rings is 1. The highest BCUT2D eigenvalue weighted by molar-refractivity contribution is 5.99. The maximum absolute atomic E-state index is 11.6. The van der Waals surface area contributed by atoms with Crippen LogP contribution in [0.15, 0.2) is 30.3 Å². The van der Waals surface area contributed by atoms with Crippen LogP contribution in [0.1, 0.15) is 40.2 Å². The number of hydrogen-bond donors (Lipinski definition) is 1. The third-order valence-corrected chi connectivity index (χ3v) is 3.74. The molecule has 0 fully saturated rings. The van der Waals surface area contributed by atoms with E-state index in [4.69, 9.17) is 10.5 Å². The van der Waals surface area contributed by atoms with Crippen LogP contribution in [0.25, 0.3) is 11.3 Å². The molecule has 1 heterocycles. The average molecular weight is 284 g/mol. The van der Waals surface area contributed by atoms with Crippen LogP contribution in [0.3, 0.4) is 0 Å². The summed E-state index contributed by atoms with van der Waals surface area (Å²) in [6.07, 6.45) is 0.0300. The Bertz CT molecular complexity index is 663. The molecule has 0 radical (unpaired) electrons. The SMILES string of the molecule is CO[C@@H](C)c1ccc(-c2nc(C)c(C)cc2C(N)=O)cc1. The predicted molar refractivity (Wildman–Crippen MR) is 83.1 cm³/mol. The van der Waals surface area contributed by atoms with E-state index in [1.165, 1.54) is 0 Å². The second kappa shape index (κ2) is 6.06. The lowest BCUT2D eigenvalue weighted by Crippen LogP contribution is -2.14. The number of benzene rings is 1. The molecule has 2 N–H and O–H groups in total. The fourth-order valence-electron chi connectivity index (χ4n) is 2.16. The molecule has 0 spiro atoms. The molecule has 4 nitrogen and oxygen atoms in total. The highest BCUT2D eigenvalue weighted by atomic mass is 16.5. The summed E-state index contributed by atoms with van der Waals surface area (Å²) in [5.74, 6) is -0.463. The van der Waals surface area contributed by atoms with Crippen LogP contribution < -0.4 is 5.73 Å². The van der Waals surface area contributed by atoms with Gasteiger partial charge in [0.25, 0.3) is 5.91 Å². The number of primary amides is 1. The lowest BCUT2D eigenvalue weighted by molar-refractivity contribution is 0.100. The van der Waals surface area contributed by atoms with Gasteiger partial charge in [-0.3, -0.25) is 9.78 Å². The Morgan fingerprint density at radius 3 is 2.38 bits per heavy atom. The molecule has 0 aliphatic carbocycles. The molecule has 0 saturated carbocycles. The number of carbonyl (C=O) groups is 1. The molecule has 110 valence electrons. The van der Waals surface area contributed by atoms with Gasteiger partial charge in [-0.15, -0.1) is 0 Å². The Kier molecular flexibility index (Phi) is 4.38. The fraction of sp³-hybridized carbons (Fsp3) is 0.294. The van der Waals surface area contributed by atoms with Gasteiger partial charge in [0.05, 0.1) is 17.4 Å². The quantitative estimate of drug-likeness (QED) is 0.937. The van der Waals surface area contributed by atoms with Crippen LogP contribution in [0.4, 0.5) is 0 Å². The average Bonchev–Trinajstić information content (AvgIpc) is 2.48. The van der Waals surface area contributed by atoms with Crippen LogP contribution in [0.2, 0.25) is 0 Å². The molecular formula is C17H20N2O2. The minimum Gasteiger partial charge on any atom is -0.377 e. The molecule has 1 aromatic carbocycles. The van der Waals surface area contributed by atoms with Crippen molar-refractivity contribution in [2.45, 2.75) is 26.9 Å². The predicted octanol–water partition coefficient (Wildman–Crippen LogP) is 3.17. The standard InChI is InChI=1S/C17H20N2O2/c1-10-9-15(17(18)20)16(19-11(10)2)14-7-5-13(6-8-14)12(3)21-4/h5-9,12H,1-4H3,(H2,18,20)/t12-/m0/s1. The number of nitrogens with zero attached hydrogens (tertiary/aromatic N) is 1. The largest absolute Gasteiger partial charge is 0.377 e. The Morgan fingerprint density at radius 2 is 1.86 bits per heavy atom. The molecule has 0 aliphatic heterocycles. The normalized spacial score (nSPS) is 12.2. The zero-order valence-electron chi connectivity index (χ0n) is 12.8. The number of rotatable bonds is 4. The van der Waals surface area contributed by atoms with Crippen molar-refractivity contribution < 1.29 is 9.53 Å². The summed E-state index contributed by atoms with van der Waals surface area (Å²) in [5.41, 5.74) is 10.3. The summed E-state index contributed by atoms with van der Waals surface area (Å²) in [7, 11) is 1.68. The third-order valence-electron chi connectivity index (χ3n) is 3.74. The van der Waals surface area contributed by atoms with Gasteiger partial charge in [-0.05, 0) is 38.0 Å². The van der Waals surface area contributed by atoms with E-state index in [0.717, 1.165) is 22.4 Å². The first-order chi connectivity index (χ1) is 9.93. The van der Waals surface area contributed by atoms with Crippen molar-refractivity contribution in [3.05, 3.63) is 52.7 Å². The monoisotopic (exact) mass is 284 g/mol. The molecule has 1 atom stereocenters. The highest BCUT2D eigenvalue weighted by Gasteiger charge is 2.14. The third kappa shape index (κ3) is 3.11. The zero-order chi connectivity index (χ0) is 15.6. The minimum absolute atomic E-state index is 0.0300. The maximum Gasteiger partial charge on any atom is 0.250 e. The lowest BCUT2D eigenvalue weighted by atomic mass is 10.0. The maximum atomic E-state index is 11.6. The van der Waals surface area contributed by atoms with E-state index >= 15 is 0 Å². The Balaban J connectivity index is 2.51. The van der Waals surface area contributed by atoms with E-state index in [-0.39, 0.29) is 6.10 Å². The molecule has 2 aromatic rings. The van der Waals surface area contributed by atoms with Crippen molar-refractivity contribution in [3.63, 3.8) is 0 Å². The smallest absolute Gasteiger partial charge is 0.250 e. The van der Waals surface area contributed by atoms with E-state index in [0.29, 0.717) is 11.3 Å². The summed E-state index contributed by atoms with van der Waals surface area (Å²) in [6, 6.07) is 9.63. The first kappa shape index (κ1) is 15.2. The van der Waals surface area contributed by atoms with Crippen molar-refractivity contribution in [1.29, 1.82) is 0 Å². The fourth-order valence-corrected chi connectivity index (χ4v) is 2.16. The van der Waals surface area contributed by atoms with Gasteiger partial charge in [-0.25, -0.2) is 0 Å². The molecule has 0 bridgehead atoms. The van der Waals surface area contributed by atoms with E-state index in [1.807, 2.05) is 45.0 Å². The Labute approximate surface area is 125 Å². The van der Waals surface area contributed by atoms with E-state index < -0.39 is 5.91 Å². The molecule has 2 rings (SSSR count). The van der Waals surface area contributed by atoms with E-state index in [9.17, 15) is 4.79 Å². The van der Waals surface area contributed by atoms with Crippen molar-refractivity contribution in [2.24, 2.45) is 5.73 Å². The van der Waals surface area contributed by atoms with Crippen molar-refractivity contribution in [1.82, 2.24) is 4.98 Å². The van der Waals surface area contributed by atoms with Crippen LogP contribution in [-0.2, 0) is 4.74 Å². The topological polar surface area (TPSA) is 65.2 Å². The van der Waals surface area contributed by atoms with Crippen molar-refractivity contribution in [3.8, 4) is 11.3 Å². The minimum atomic E-state index is -0.463. The second-order valence-corrected chi connectivity index (χ2v) is 5.15. The number of ether oxygens (including phenoxy) is 1. The summed E-state index contributed by atoms with van der Waals surface area (Å²) in [4.78, 5) is 16.2. The first-order valence-corrected chi connectivity index (χ1v) is 6.85. The Morgan fingerprint density at radius 1 is 1.24 bits per heavy atom. The van der Waals surface area contributed by atoms with Crippen LogP contribution in [0.5, 0.6) is 0 Å². The summed E-state index contributed by atoms with van der Waals surface area (Å²) < 4.78 is 5.29. The molecule has 0 unspecified atom stereocenters. The van der Waals surface area contributed by atoms with Gasteiger partial charge >= 0.3 is 0 Å². The van der Waals surface area contributed by atoms with Crippen molar-refractivity contribution in [2.75, 3.05) is 7.11 Å². The number of hydrogen-bond acceptors (Lipinski definition) is 3. The van der Waals surface area contributed by atoms with Crippen LogP contribution in [0, 0.1) is 13.8 Å². The summed E-state index contributed by atoms with van der Waals surface area (Å²) in [6.45, 7) is 5.82. The number of nitrogens with two attached hydrogens (primary N) is 1. The molecule has 4 heteroatoms. The van der Waals surface area contributed by atoms with Gasteiger partial charge in [-0.2, -0.15) is 0 Å². The van der Waals surface area contributed by atoms with E-state index in [1.54, 1.807) is 13.2 Å². The molecule has 1 amide bonds. The van der Waals surface area contributed by atoms with Gasteiger partial charge in [0.15, 0.2) is 0 Å².